The predicted molar refractivity (Wildman–Crippen MR) is 48.7 cm³/mol. The Morgan fingerprint density at radius 2 is 2.00 bits per heavy atom. The summed E-state index contributed by atoms with van der Waals surface area (Å²) in [5.41, 5.74) is -0.0810. The van der Waals surface area contributed by atoms with Crippen LogP contribution in [-0.4, -0.2) is 26.1 Å². The molecule has 0 saturated carbocycles. The minimum absolute atomic E-state index is 0.0810. The Labute approximate surface area is 73.4 Å². The number of carbonyl (C=O) groups excluding carboxylic acids is 1. The van der Waals surface area contributed by atoms with Gasteiger partial charge in [-0.3, -0.25) is 0 Å². The third-order valence-corrected chi connectivity index (χ3v) is 3.99. The summed E-state index contributed by atoms with van der Waals surface area (Å²) in [5, 5.41) is 0. The van der Waals surface area contributed by atoms with Crippen molar-refractivity contribution in [3.8, 4) is 0 Å². The molecule has 1 saturated heterocycles. The molecule has 1 fully saturated rings. The van der Waals surface area contributed by atoms with Gasteiger partial charge in [-0.1, -0.05) is 26.2 Å². The second-order valence-electron chi connectivity index (χ2n) is 3.97. The van der Waals surface area contributed by atoms with E-state index in [9.17, 15) is 4.79 Å². The Balaban J connectivity index is 2.77. The molecule has 4 heteroatoms. The van der Waals surface area contributed by atoms with Gasteiger partial charge in [-0.15, -0.1) is 0 Å². The van der Waals surface area contributed by atoms with Crippen molar-refractivity contribution in [3.63, 3.8) is 0 Å². The third-order valence-electron chi connectivity index (χ3n) is 1.84. The summed E-state index contributed by atoms with van der Waals surface area (Å²) < 4.78 is 9.96. The van der Waals surface area contributed by atoms with E-state index in [4.69, 9.17) is 9.47 Å². The molecule has 1 aliphatic rings. The van der Waals surface area contributed by atoms with Gasteiger partial charge in [0.15, 0.2) is 6.10 Å². The third kappa shape index (κ3) is 1.69. The van der Waals surface area contributed by atoms with Gasteiger partial charge < -0.3 is 9.47 Å². The fourth-order valence-electron chi connectivity index (χ4n) is 1.21. The first kappa shape index (κ1) is 9.32. The van der Waals surface area contributed by atoms with Crippen LogP contribution in [-0.2, 0) is 9.47 Å². The fourth-order valence-corrected chi connectivity index (χ4v) is 2.85. The zero-order valence-electron chi connectivity index (χ0n) is 7.66. The Hall–Kier alpha value is -0.773. The number of cyclic esters (lactones) is 2. The van der Waals surface area contributed by atoms with Crippen molar-refractivity contribution in [2.45, 2.75) is 31.5 Å². The maximum absolute atomic E-state index is 10.8. The molecule has 0 aromatic heterocycles. The van der Waals surface area contributed by atoms with Gasteiger partial charge in [0.2, 0.25) is 0 Å². The highest BCUT2D eigenvalue weighted by Gasteiger charge is 2.43. The Morgan fingerprint density at radius 3 is 2.33 bits per heavy atom. The van der Waals surface area contributed by atoms with Crippen LogP contribution in [0.1, 0.15) is 0 Å². The molecule has 0 aliphatic carbocycles. The number of rotatable bonds is 2. The molecule has 3 nitrogen and oxygen atoms in total. The van der Waals surface area contributed by atoms with Crippen molar-refractivity contribution >= 4 is 14.2 Å². The molecule has 68 valence electrons. The molecule has 2 unspecified atom stereocenters. The summed E-state index contributed by atoms with van der Waals surface area (Å²) in [7, 11) is -1.49. The second kappa shape index (κ2) is 2.93. The van der Waals surface area contributed by atoms with E-state index in [1.807, 2.05) is 0 Å². The topological polar surface area (TPSA) is 35.5 Å². The van der Waals surface area contributed by atoms with Gasteiger partial charge >= 0.3 is 6.16 Å². The highest BCUT2D eigenvalue weighted by atomic mass is 28.3. The zero-order chi connectivity index (χ0) is 9.35. The normalized spacial score (nSPS) is 29.4. The van der Waals surface area contributed by atoms with Crippen LogP contribution >= 0.6 is 0 Å². The molecular weight excluding hydrogens is 172 g/mol. The molecule has 0 radical (unpaired) electrons. The number of hydrogen-bond donors (Lipinski definition) is 0. The van der Waals surface area contributed by atoms with Gasteiger partial charge in [0, 0.05) is 0 Å². The average molecular weight is 186 g/mol. The lowest BCUT2D eigenvalue weighted by Crippen LogP contribution is -2.44. The van der Waals surface area contributed by atoms with E-state index < -0.39 is 14.2 Å². The van der Waals surface area contributed by atoms with Crippen molar-refractivity contribution in [1.29, 1.82) is 0 Å². The second-order valence-corrected chi connectivity index (χ2v) is 9.27. The molecule has 0 aromatic rings. The summed E-state index contributed by atoms with van der Waals surface area (Å²) in [6.07, 6.45) is 0.824. The van der Waals surface area contributed by atoms with Crippen molar-refractivity contribution in [2.75, 3.05) is 0 Å². The van der Waals surface area contributed by atoms with E-state index in [0.29, 0.717) is 0 Å². The zero-order valence-corrected chi connectivity index (χ0v) is 8.66. The minimum Gasteiger partial charge on any atom is -0.431 e. The van der Waals surface area contributed by atoms with Crippen LogP contribution in [0.2, 0.25) is 19.6 Å². The van der Waals surface area contributed by atoms with Crippen LogP contribution in [0.15, 0.2) is 12.7 Å². The monoisotopic (exact) mass is 186 g/mol. The Bertz CT molecular complexity index is 207. The summed E-state index contributed by atoms with van der Waals surface area (Å²) in [6, 6.07) is 0. The van der Waals surface area contributed by atoms with Crippen LogP contribution < -0.4 is 0 Å². The molecule has 0 bridgehead atoms. The lowest BCUT2D eigenvalue weighted by Gasteiger charge is -2.24. The summed E-state index contributed by atoms with van der Waals surface area (Å²) in [6.45, 7) is 10.0. The van der Waals surface area contributed by atoms with Crippen molar-refractivity contribution in [2.24, 2.45) is 0 Å². The van der Waals surface area contributed by atoms with Crippen LogP contribution in [0.25, 0.3) is 0 Å². The molecule has 0 aromatic carbocycles. The van der Waals surface area contributed by atoms with Gasteiger partial charge in [-0.05, 0) is 6.08 Å². The van der Waals surface area contributed by atoms with Crippen molar-refractivity contribution in [1.82, 2.24) is 0 Å². The first-order chi connectivity index (χ1) is 5.45. The minimum atomic E-state index is -1.49. The molecule has 0 spiro atoms. The molecule has 1 rings (SSSR count). The first-order valence-corrected chi connectivity index (χ1v) is 7.52. The molecule has 0 amide bonds. The summed E-state index contributed by atoms with van der Waals surface area (Å²) in [4.78, 5) is 10.8. The van der Waals surface area contributed by atoms with E-state index in [2.05, 4.69) is 26.2 Å². The quantitative estimate of drug-likeness (QED) is 0.375. The summed E-state index contributed by atoms with van der Waals surface area (Å²) >= 11 is 0. The maximum Gasteiger partial charge on any atom is 0.509 e. The predicted octanol–water partition coefficient (Wildman–Crippen LogP) is 1.95. The molecule has 0 N–H and O–H groups in total. The van der Waals surface area contributed by atoms with Crippen LogP contribution in [0, 0.1) is 0 Å². The molecule has 2 atom stereocenters. The largest absolute Gasteiger partial charge is 0.509 e. The Morgan fingerprint density at radius 1 is 1.42 bits per heavy atom. The molecular formula is C8H14O3Si. The van der Waals surface area contributed by atoms with Crippen LogP contribution in [0.4, 0.5) is 4.79 Å². The van der Waals surface area contributed by atoms with E-state index in [0.717, 1.165) is 0 Å². The standard InChI is InChI=1S/C8H14O3Si/c1-5-6-7(12(2,3)4)11-8(9)10-6/h5-7H,1H2,2-4H3. The van der Waals surface area contributed by atoms with E-state index in [-0.39, 0.29) is 11.8 Å². The average Bonchev–Trinajstić information content (AvgIpc) is 2.29. The number of ether oxygens (including phenoxy) is 2. The first-order valence-electron chi connectivity index (χ1n) is 3.95. The molecule has 1 heterocycles. The van der Waals surface area contributed by atoms with Gasteiger partial charge in [-0.2, -0.15) is 0 Å². The van der Waals surface area contributed by atoms with Gasteiger partial charge in [0.25, 0.3) is 0 Å². The van der Waals surface area contributed by atoms with E-state index in [1.165, 1.54) is 0 Å². The van der Waals surface area contributed by atoms with E-state index in [1.54, 1.807) is 6.08 Å². The lowest BCUT2D eigenvalue weighted by atomic mass is 10.4. The molecule has 1 aliphatic heterocycles. The van der Waals surface area contributed by atoms with Gasteiger partial charge in [-0.25, -0.2) is 4.79 Å². The number of carbonyl (C=O) groups is 1. The SMILES string of the molecule is C=CC1OC(=O)OC1[Si](C)(C)C. The van der Waals surface area contributed by atoms with Crippen molar-refractivity contribution in [3.05, 3.63) is 12.7 Å². The molecule has 12 heavy (non-hydrogen) atoms. The van der Waals surface area contributed by atoms with Gasteiger partial charge in [0.1, 0.15) is 5.73 Å². The van der Waals surface area contributed by atoms with Crippen molar-refractivity contribution < 1.29 is 14.3 Å². The fraction of sp³-hybridized carbons (Fsp3) is 0.625. The highest BCUT2D eigenvalue weighted by Crippen LogP contribution is 2.24. The van der Waals surface area contributed by atoms with Gasteiger partial charge in [0.05, 0.1) is 8.07 Å². The van der Waals surface area contributed by atoms with Crippen LogP contribution in [0.5, 0.6) is 0 Å². The van der Waals surface area contributed by atoms with E-state index >= 15 is 0 Å². The number of hydrogen-bond acceptors (Lipinski definition) is 3. The lowest BCUT2D eigenvalue weighted by molar-refractivity contribution is 0.123. The summed E-state index contributed by atoms with van der Waals surface area (Å²) in [5.74, 6) is 0. The highest BCUT2D eigenvalue weighted by molar-refractivity contribution is 6.77. The smallest absolute Gasteiger partial charge is 0.431 e. The maximum atomic E-state index is 10.8. The Kier molecular flexibility index (Phi) is 2.28. The van der Waals surface area contributed by atoms with Crippen LogP contribution in [0.3, 0.4) is 0 Å².